The number of aryl methyl sites for hydroxylation is 2. The van der Waals surface area contributed by atoms with Crippen molar-refractivity contribution in [2.45, 2.75) is 189 Å². The molecule has 8 bridgehead atoms. The summed E-state index contributed by atoms with van der Waals surface area (Å²) in [5.41, 5.74) is 36.7. The summed E-state index contributed by atoms with van der Waals surface area (Å²) < 4.78 is 31.9. The van der Waals surface area contributed by atoms with E-state index in [0.717, 1.165) is 11.1 Å². The average molecular weight is 1350 g/mol. The van der Waals surface area contributed by atoms with Crippen molar-refractivity contribution in [1.29, 1.82) is 0 Å². The molecule has 6 aliphatic rings. The first-order chi connectivity index (χ1) is 41.8. The summed E-state index contributed by atoms with van der Waals surface area (Å²) in [6.07, 6.45) is -4.79. The number of imidazole rings is 1. The van der Waals surface area contributed by atoms with Gasteiger partial charge in [0.2, 0.25) is 41.4 Å². The molecule has 507 valence electrons. The molecule has 0 saturated carbocycles. The van der Waals surface area contributed by atoms with Crippen LogP contribution in [-0.4, -0.2) is 133 Å². The maximum atomic E-state index is 14.4. The molecule has 6 aliphatic heterocycles. The predicted molar refractivity (Wildman–Crippen MR) is 335 cm³/mol. The number of nitrogens with two attached hydrogens (primary N) is 6. The minimum Gasteiger partial charge on any atom is -0.756 e. The molecule has 15 atom stereocenters. The molecule has 2 fully saturated rings. The molecule has 3 unspecified atom stereocenters. The number of nitrogens with one attached hydrogen (secondary N) is 1. The van der Waals surface area contributed by atoms with Gasteiger partial charge in [-0.25, -0.2) is 4.98 Å². The van der Waals surface area contributed by atoms with Crippen molar-refractivity contribution in [3.63, 3.8) is 0 Å². The van der Waals surface area contributed by atoms with Crippen molar-refractivity contribution in [3.8, 4) is 0 Å². The molecule has 2 saturated heterocycles. The molecule has 7 amide bonds. The zero-order chi connectivity index (χ0) is 66.7. The number of hydrogen-bond donors (Lipinski definition) is 9. The number of benzene rings is 1. The van der Waals surface area contributed by atoms with Crippen LogP contribution < -0.4 is 44.6 Å². The minimum absolute atomic E-state index is 0. The van der Waals surface area contributed by atoms with Crippen LogP contribution in [0.25, 0.3) is 16.4 Å². The molecule has 7 heterocycles. The molecule has 1 aromatic heterocycles. The third-order valence-electron chi connectivity index (χ3n) is 20.5. The Morgan fingerprint density at radius 3 is 1.96 bits per heavy atom. The fourth-order valence-corrected chi connectivity index (χ4v) is 16.4. The molecular formula is C62H90CoN13O15P. The van der Waals surface area contributed by atoms with E-state index in [-0.39, 0.29) is 99.4 Å². The van der Waals surface area contributed by atoms with Gasteiger partial charge in [-0.05, 0) is 119 Å². The Balaban J connectivity index is 0.00000672. The quantitative estimate of drug-likeness (QED) is 0.0611. The van der Waals surface area contributed by atoms with E-state index in [1.165, 1.54) is 17.8 Å². The first kappa shape index (κ1) is 74.5. The Morgan fingerprint density at radius 2 is 1.38 bits per heavy atom. The van der Waals surface area contributed by atoms with Crippen LogP contribution in [0.1, 0.15) is 150 Å². The van der Waals surface area contributed by atoms with Gasteiger partial charge in [0.1, 0.15) is 18.3 Å². The molecule has 92 heavy (non-hydrogen) atoms. The second-order valence-electron chi connectivity index (χ2n) is 27.0. The van der Waals surface area contributed by atoms with E-state index in [1.54, 1.807) is 6.92 Å². The van der Waals surface area contributed by atoms with Crippen LogP contribution >= 0.6 is 7.82 Å². The SMILES string of the molecule is C/C1=C2/[N-][C@H]([C@H](CC(N)=O)[C@@]2(C)CCC(=O)NC[C@@H](C)OP(=O)([O-])OC2C(O)[C@@H](n3cnc4cc(C)c(C)cc43)O[C@H]2CO)[C@]2(C)N=C(/C(C)=C3N=C(/C=C4N=C1[C@@H](CCC(N)=O)C\4(C)C)[C@@H](CCC(N)=O)[C@]\3(C)CC(N)=O)[C@@H](CCC(N)=O)[C@]2(C)CC(N)=O.O.[Co+2]. The number of phosphoric acid groups is 1. The molecule has 0 spiro atoms. The number of primary amides is 6. The molecule has 30 heteroatoms. The van der Waals surface area contributed by atoms with Crippen LogP contribution in [0.4, 0.5) is 0 Å². The van der Waals surface area contributed by atoms with Gasteiger partial charge in [0, 0.05) is 108 Å². The van der Waals surface area contributed by atoms with Gasteiger partial charge in [-0.2, -0.15) is 5.70 Å². The van der Waals surface area contributed by atoms with E-state index >= 15 is 0 Å². The molecule has 0 aliphatic carbocycles. The van der Waals surface area contributed by atoms with Crippen molar-refractivity contribution in [2.24, 2.45) is 94.7 Å². The maximum Gasteiger partial charge on any atom is 2.00 e. The van der Waals surface area contributed by atoms with E-state index in [2.05, 4.69) is 10.3 Å². The van der Waals surface area contributed by atoms with Gasteiger partial charge in [-0.3, -0.25) is 53.1 Å². The Labute approximate surface area is 545 Å². The number of aliphatic imine (C=N–C) groups is 3. The number of amides is 7. The van der Waals surface area contributed by atoms with Gasteiger partial charge in [-0.1, -0.05) is 40.7 Å². The molecule has 2 aromatic rings. The Morgan fingerprint density at radius 1 is 0.793 bits per heavy atom. The van der Waals surface area contributed by atoms with Crippen molar-refractivity contribution < 1.29 is 89.3 Å². The number of ether oxygens (including phenoxy) is 1. The van der Waals surface area contributed by atoms with Gasteiger partial charge in [0.15, 0.2) is 6.23 Å². The molecule has 1 radical (unpaired) electrons. The number of nitrogens with zero attached hydrogens (tertiary/aromatic N) is 6. The Bertz CT molecular complexity index is 3550. The fraction of sp³-hybridized carbons (Fsp3) is 0.629. The number of fused-ring (bicyclic) bond motifs is 7. The van der Waals surface area contributed by atoms with Crippen molar-refractivity contribution in [3.05, 3.63) is 69.2 Å². The first-order valence-corrected chi connectivity index (χ1v) is 32.0. The zero-order valence-corrected chi connectivity index (χ0v) is 55.9. The number of carbonyl (C=O) groups excluding carboxylic acids is 7. The average Bonchev–Trinajstić information content (AvgIpc) is 1.53. The minimum atomic E-state index is -5.32. The summed E-state index contributed by atoms with van der Waals surface area (Å²) >= 11 is 0. The van der Waals surface area contributed by atoms with E-state index in [9.17, 15) is 53.2 Å². The summed E-state index contributed by atoms with van der Waals surface area (Å²) in [5, 5.41) is 30.1. The van der Waals surface area contributed by atoms with Crippen LogP contribution in [-0.2, 0) is 68.7 Å². The van der Waals surface area contributed by atoms with Crippen LogP contribution in [0, 0.1) is 59.2 Å². The van der Waals surface area contributed by atoms with Crippen LogP contribution in [0.3, 0.4) is 0 Å². The number of aliphatic hydroxyl groups is 2. The monoisotopic (exact) mass is 1350 g/mol. The first-order valence-electron chi connectivity index (χ1n) is 30.5. The van der Waals surface area contributed by atoms with E-state index in [0.29, 0.717) is 56.4 Å². The number of carbonyl (C=O) groups is 7. The normalized spacial score (nSPS) is 33.5. The molecule has 28 nitrogen and oxygen atoms in total. The topological polar surface area (TPSA) is 496 Å². The van der Waals surface area contributed by atoms with Gasteiger partial charge in [0.25, 0.3) is 7.82 Å². The van der Waals surface area contributed by atoms with Crippen molar-refractivity contribution in [2.75, 3.05) is 13.2 Å². The largest absolute Gasteiger partial charge is 2.00 e. The molecule has 8 rings (SSSR count). The number of allylic oxidation sites excluding steroid dienone is 6. The van der Waals surface area contributed by atoms with Crippen LogP contribution in [0.15, 0.2) is 67.8 Å². The second kappa shape index (κ2) is 27.8. The van der Waals surface area contributed by atoms with Crippen LogP contribution in [0.2, 0.25) is 0 Å². The number of phosphoric ester groups is 1. The van der Waals surface area contributed by atoms with Gasteiger partial charge >= 0.3 is 16.8 Å². The fourth-order valence-electron chi connectivity index (χ4n) is 15.3. The van der Waals surface area contributed by atoms with E-state index < -0.39 is 143 Å². The second-order valence-corrected chi connectivity index (χ2v) is 28.3. The molecular weight excluding hydrogens is 1260 g/mol. The zero-order valence-electron chi connectivity index (χ0n) is 54.0. The third kappa shape index (κ3) is 14.1. The van der Waals surface area contributed by atoms with E-state index in [1.807, 2.05) is 80.5 Å². The number of rotatable bonds is 26. The summed E-state index contributed by atoms with van der Waals surface area (Å²) in [6.45, 7) is 19.0. The van der Waals surface area contributed by atoms with Gasteiger partial charge < -0.3 is 84.0 Å². The standard InChI is InChI=1S/C62H90N13O14P.Co.H2O/c1-29-20-39-40(21-30(29)2)75(28-70-39)57-52(84)53(41(27-76)87-57)89-90(85,86)88-31(3)26-69-49(83)18-19-59(8)37(22-46(66)80)56-62(11)61(10,25-48(68)82)36(14-17-45(65)79)51(74-62)33(5)55-60(9,24-47(67)81)34(12-15-43(63)77)38(71-55)23-42-58(6,7)35(13-16-44(64)78)50(72-42)32(4)54(59)73-56;;/h20-21,23,28,31,34-37,41,52-53,56-57,76,84H,12-19,22,24-27H2,1-11H3,(H15,63,64,65,66,67,68,69,71,72,73,74,77,78,79,80,81,82,83,85,86);;1H2/q;+2;/p-2/t31-,34-,35-,36-,37+,41+,52?,53?,56-,57+,59-,60+,61+,62+;;/m1../s1. The van der Waals surface area contributed by atoms with Crippen LogP contribution in [0.5, 0.6) is 0 Å². The predicted octanol–water partition coefficient (Wildman–Crippen LogP) is 2.49. The van der Waals surface area contributed by atoms with Crippen molar-refractivity contribution >= 4 is 77.3 Å². The molecule has 1 aromatic carbocycles. The number of aliphatic hydroxyl groups excluding tert-OH is 2. The van der Waals surface area contributed by atoms with Crippen molar-refractivity contribution in [1.82, 2.24) is 14.9 Å². The van der Waals surface area contributed by atoms with E-state index in [4.69, 9.17) is 68.5 Å². The summed E-state index contributed by atoms with van der Waals surface area (Å²) in [7, 11) is -5.32. The summed E-state index contributed by atoms with van der Waals surface area (Å²) in [4.78, 5) is 128. The summed E-state index contributed by atoms with van der Waals surface area (Å²) in [6, 6.07) is 2.65. The number of hydrogen-bond acceptors (Lipinski definition) is 18. The molecule has 17 N–H and O–H groups in total. The van der Waals surface area contributed by atoms with Gasteiger partial charge in [0.05, 0.1) is 41.3 Å². The summed E-state index contributed by atoms with van der Waals surface area (Å²) in [5.74, 6) is -7.40. The third-order valence-corrected chi connectivity index (χ3v) is 21.6. The number of aromatic nitrogens is 2. The smallest absolute Gasteiger partial charge is 0.756 e. The maximum absolute atomic E-state index is 14.4. The Kier molecular flexibility index (Phi) is 22.5. The Hall–Kier alpha value is -6.53. The van der Waals surface area contributed by atoms with Gasteiger partial charge in [-0.15, -0.1) is 0 Å².